The molecule has 100 valence electrons. The van der Waals surface area contributed by atoms with Gasteiger partial charge in [0, 0.05) is 13.5 Å². The first kappa shape index (κ1) is 14.9. The normalized spacial score (nSPS) is 10.4. The van der Waals surface area contributed by atoms with Gasteiger partial charge in [0.2, 0.25) is 5.89 Å². The average Bonchev–Trinajstić information content (AvgIpc) is 2.86. The number of nitrogens with zero attached hydrogens (tertiary/aromatic N) is 5. The minimum absolute atomic E-state index is 0. The highest BCUT2D eigenvalue weighted by Crippen LogP contribution is 2.20. The fourth-order valence-electron chi connectivity index (χ4n) is 1.34. The molecule has 0 aliphatic rings. The molecule has 7 nitrogen and oxygen atoms in total. The number of aryl methyl sites for hydroxylation is 1. The second-order valence-corrected chi connectivity index (χ2v) is 4.46. The van der Waals surface area contributed by atoms with E-state index in [-0.39, 0.29) is 12.4 Å². The van der Waals surface area contributed by atoms with E-state index in [0.717, 1.165) is 17.4 Å². The fourth-order valence-corrected chi connectivity index (χ4v) is 2.11. The number of hydrogen-bond donors (Lipinski definition) is 1. The maximum Gasteiger partial charge on any atom is 0.237 e. The van der Waals surface area contributed by atoms with Crippen molar-refractivity contribution in [3.05, 3.63) is 17.5 Å². The van der Waals surface area contributed by atoms with Gasteiger partial charge in [-0.1, -0.05) is 16.9 Å². The number of nitrogens with two attached hydrogens (primary N) is 1. The summed E-state index contributed by atoms with van der Waals surface area (Å²) >= 11 is 1.51. The van der Waals surface area contributed by atoms with Crippen molar-refractivity contribution < 1.29 is 4.52 Å². The van der Waals surface area contributed by atoms with Crippen molar-refractivity contribution in [1.82, 2.24) is 24.9 Å². The van der Waals surface area contributed by atoms with Crippen LogP contribution >= 0.6 is 24.2 Å². The van der Waals surface area contributed by atoms with Gasteiger partial charge in [-0.15, -0.1) is 22.6 Å². The summed E-state index contributed by atoms with van der Waals surface area (Å²) in [6.45, 7) is 2.36. The number of thioether (sulfide) groups is 1. The Labute approximate surface area is 115 Å². The van der Waals surface area contributed by atoms with E-state index in [1.54, 1.807) is 6.92 Å². The molecule has 0 radical (unpaired) electrons. The fraction of sp³-hybridized carbons (Fsp3) is 0.556. The van der Waals surface area contributed by atoms with E-state index in [1.807, 2.05) is 11.6 Å². The molecule has 0 spiro atoms. The van der Waals surface area contributed by atoms with Gasteiger partial charge in [-0.2, -0.15) is 4.98 Å². The molecule has 0 aliphatic heterocycles. The second kappa shape index (κ2) is 6.72. The molecule has 0 saturated carbocycles. The summed E-state index contributed by atoms with van der Waals surface area (Å²) < 4.78 is 6.95. The molecule has 0 bridgehead atoms. The summed E-state index contributed by atoms with van der Waals surface area (Å²) in [7, 11) is 1.92. The smallest absolute Gasteiger partial charge is 0.237 e. The van der Waals surface area contributed by atoms with E-state index >= 15 is 0 Å². The summed E-state index contributed by atoms with van der Waals surface area (Å²) in [5.41, 5.74) is 5.49. The molecular weight excluding hydrogens is 276 g/mol. The lowest BCUT2D eigenvalue weighted by Crippen LogP contribution is -2.08. The van der Waals surface area contributed by atoms with Gasteiger partial charge in [0.15, 0.2) is 11.0 Å². The first-order valence-electron chi connectivity index (χ1n) is 5.21. The van der Waals surface area contributed by atoms with Gasteiger partial charge < -0.3 is 14.8 Å². The van der Waals surface area contributed by atoms with Crippen LogP contribution in [0.2, 0.25) is 0 Å². The van der Waals surface area contributed by atoms with Crippen molar-refractivity contribution in [1.29, 1.82) is 0 Å². The molecule has 0 saturated heterocycles. The summed E-state index contributed by atoms with van der Waals surface area (Å²) in [5, 5.41) is 12.7. The minimum atomic E-state index is 0. The molecule has 9 heteroatoms. The average molecular weight is 291 g/mol. The number of rotatable bonds is 5. The second-order valence-electron chi connectivity index (χ2n) is 3.52. The Morgan fingerprint density at radius 3 is 2.78 bits per heavy atom. The molecule has 18 heavy (non-hydrogen) atoms. The molecule has 2 aromatic rings. The lowest BCUT2D eigenvalue weighted by Gasteiger charge is -2.00. The lowest BCUT2D eigenvalue weighted by atomic mass is 10.4. The number of halogens is 1. The van der Waals surface area contributed by atoms with Crippen LogP contribution < -0.4 is 5.73 Å². The van der Waals surface area contributed by atoms with E-state index in [1.165, 1.54) is 11.8 Å². The van der Waals surface area contributed by atoms with Crippen molar-refractivity contribution in [2.45, 2.75) is 24.3 Å². The molecule has 2 rings (SSSR count). The molecule has 0 aliphatic carbocycles. The van der Waals surface area contributed by atoms with Crippen LogP contribution in [0.5, 0.6) is 0 Å². The first-order chi connectivity index (χ1) is 8.20. The Morgan fingerprint density at radius 1 is 1.39 bits per heavy atom. The third-order valence-electron chi connectivity index (χ3n) is 2.19. The molecule has 0 amide bonds. The molecule has 2 heterocycles. The van der Waals surface area contributed by atoms with Crippen molar-refractivity contribution >= 4 is 24.2 Å². The molecule has 0 aromatic carbocycles. The maximum absolute atomic E-state index is 5.49. The van der Waals surface area contributed by atoms with Gasteiger partial charge >= 0.3 is 0 Å². The predicted molar refractivity (Wildman–Crippen MR) is 69.6 cm³/mol. The minimum Gasteiger partial charge on any atom is -0.338 e. The summed E-state index contributed by atoms with van der Waals surface area (Å²) in [4.78, 5) is 4.12. The van der Waals surface area contributed by atoms with Crippen LogP contribution in [-0.4, -0.2) is 31.4 Å². The third kappa shape index (κ3) is 3.44. The summed E-state index contributed by atoms with van der Waals surface area (Å²) in [5.74, 6) is 2.71. The van der Waals surface area contributed by atoms with E-state index in [9.17, 15) is 0 Å². The molecule has 2 N–H and O–H groups in total. The number of hydrogen-bond acceptors (Lipinski definition) is 7. The van der Waals surface area contributed by atoms with E-state index in [2.05, 4.69) is 20.3 Å². The Hall–Kier alpha value is -1.12. The zero-order chi connectivity index (χ0) is 12.3. The van der Waals surface area contributed by atoms with Crippen LogP contribution in [0.15, 0.2) is 9.68 Å². The van der Waals surface area contributed by atoms with E-state index in [4.69, 9.17) is 10.3 Å². The highest BCUT2D eigenvalue weighted by Gasteiger charge is 2.10. The Balaban J connectivity index is 0.00000162. The Kier molecular flexibility index (Phi) is 5.57. The zero-order valence-corrected chi connectivity index (χ0v) is 11.8. The van der Waals surface area contributed by atoms with Gasteiger partial charge in [-0.05, 0) is 13.5 Å². The van der Waals surface area contributed by atoms with Gasteiger partial charge in [-0.25, -0.2) is 0 Å². The van der Waals surface area contributed by atoms with E-state index in [0.29, 0.717) is 24.0 Å². The summed E-state index contributed by atoms with van der Waals surface area (Å²) in [6.07, 6.45) is 0.726. The largest absolute Gasteiger partial charge is 0.338 e. The SMILES string of the molecule is Cc1noc(CSc2nnc(CCN)n2C)n1.Cl. The van der Waals surface area contributed by atoms with Gasteiger partial charge in [0.25, 0.3) is 0 Å². The van der Waals surface area contributed by atoms with Crippen molar-refractivity contribution in [2.75, 3.05) is 6.54 Å². The Bertz CT molecular complexity index is 499. The molecule has 0 fully saturated rings. The van der Waals surface area contributed by atoms with Gasteiger partial charge in [0.05, 0.1) is 5.75 Å². The van der Waals surface area contributed by atoms with Crippen LogP contribution in [0.4, 0.5) is 0 Å². The standard InChI is InChI=1S/C9H14N6OS.ClH/c1-6-11-8(16-14-6)5-17-9-13-12-7(3-4-10)15(9)2;/h3-5,10H2,1-2H3;1H. The predicted octanol–water partition coefficient (Wildman–Crippen LogP) is 0.722. The molecule has 0 atom stereocenters. The lowest BCUT2D eigenvalue weighted by molar-refractivity contribution is 0.387. The summed E-state index contributed by atoms with van der Waals surface area (Å²) in [6, 6.07) is 0. The Morgan fingerprint density at radius 2 is 2.17 bits per heavy atom. The van der Waals surface area contributed by atoms with Crippen LogP contribution in [0, 0.1) is 6.92 Å². The molecule has 2 aromatic heterocycles. The zero-order valence-electron chi connectivity index (χ0n) is 10.2. The number of aromatic nitrogens is 5. The monoisotopic (exact) mass is 290 g/mol. The highest BCUT2D eigenvalue weighted by atomic mass is 35.5. The maximum atomic E-state index is 5.49. The van der Waals surface area contributed by atoms with Crippen LogP contribution in [0.1, 0.15) is 17.5 Å². The van der Waals surface area contributed by atoms with Gasteiger partial charge in [-0.3, -0.25) is 0 Å². The van der Waals surface area contributed by atoms with Crippen LogP contribution in [0.25, 0.3) is 0 Å². The van der Waals surface area contributed by atoms with Crippen LogP contribution in [-0.2, 0) is 19.2 Å². The topological polar surface area (TPSA) is 95.6 Å². The first-order valence-corrected chi connectivity index (χ1v) is 6.19. The van der Waals surface area contributed by atoms with Gasteiger partial charge in [0.1, 0.15) is 5.82 Å². The molecule has 0 unspecified atom stereocenters. The van der Waals surface area contributed by atoms with Crippen molar-refractivity contribution in [3.8, 4) is 0 Å². The molecular formula is C9H15ClN6OS. The van der Waals surface area contributed by atoms with Crippen molar-refractivity contribution in [3.63, 3.8) is 0 Å². The van der Waals surface area contributed by atoms with Crippen LogP contribution in [0.3, 0.4) is 0 Å². The highest BCUT2D eigenvalue weighted by molar-refractivity contribution is 7.98. The van der Waals surface area contributed by atoms with Crippen molar-refractivity contribution in [2.24, 2.45) is 12.8 Å². The quantitative estimate of drug-likeness (QED) is 0.811. The third-order valence-corrected chi connectivity index (χ3v) is 3.19. The van der Waals surface area contributed by atoms with E-state index < -0.39 is 0 Å².